The molecule has 5 nitrogen and oxygen atoms in total. The van der Waals surface area contributed by atoms with Crippen molar-refractivity contribution in [1.82, 2.24) is 10.3 Å². The van der Waals surface area contributed by atoms with Gasteiger partial charge in [-0.05, 0) is 53.2 Å². The number of nitrogens with one attached hydrogen (secondary N) is 2. The molecule has 0 spiro atoms. The van der Waals surface area contributed by atoms with Crippen LogP contribution in [0, 0.1) is 0 Å². The molecular formula is C23H21N5S. The molecule has 4 heterocycles. The Hall–Kier alpha value is -2.93. The van der Waals surface area contributed by atoms with Crippen molar-refractivity contribution in [3.8, 4) is 11.1 Å². The van der Waals surface area contributed by atoms with Gasteiger partial charge in [0.1, 0.15) is 5.82 Å². The molecule has 6 rings (SSSR count). The summed E-state index contributed by atoms with van der Waals surface area (Å²) in [6, 6.07) is 17.4. The lowest BCUT2D eigenvalue weighted by molar-refractivity contribution is 0.644. The molecule has 29 heavy (non-hydrogen) atoms. The molecule has 0 radical (unpaired) electrons. The second-order valence-electron chi connectivity index (χ2n) is 7.57. The minimum absolute atomic E-state index is 0.349. The van der Waals surface area contributed by atoms with Crippen molar-refractivity contribution in [3.05, 3.63) is 71.2 Å². The summed E-state index contributed by atoms with van der Waals surface area (Å²) in [7, 11) is 0. The number of benzene rings is 2. The molecule has 4 N–H and O–H groups in total. The summed E-state index contributed by atoms with van der Waals surface area (Å²) in [5, 5.41) is 10.1. The van der Waals surface area contributed by atoms with E-state index in [0.717, 1.165) is 42.1 Å². The molecular weight excluding hydrogens is 378 g/mol. The number of hydrogen-bond donors (Lipinski definition) is 3. The van der Waals surface area contributed by atoms with E-state index in [9.17, 15) is 0 Å². The van der Waals surface area contributed by atoms with E-state index in [0.29, 0.717) is 0 Å². The maximum absolute atomic E-state index is 6.51. The SMILES string of the molecule is NC1Nc2cccc(-c3ccc4c(c3)CCNC4)c2N1c1cc2sccc2cn1. The lowest BCUT2D eigenvalue weighted by Gasteiger charge is -2.25. The predicted molar refractivity (Wildman–Crippen MR) is 121 cm³/mol. The zero-order valence-corrected chi connectivity index (χ0v) is 16.7. The van der Waals surface area contributed by atoms with Crippen molar-refractivity contribution in [2.75, 3.05) is 16.8 Å². The van der Waals surface area contributed by atoms with Crippen molar-refractivity contribution >= 4 is 38.6 Å². The fourth-order valence-electron chi connectivity index (χ4n) is 4.39. The molecule has 0 saturated heterocycles. The van der Waals surface area contributed by atoms with E-state index in [1.54, 1.807) is 11.3 Å². The number of pyridine rings is 1. The summed E-state index contributed by atoms with van der Waals surface area (Å²) in [6.07, 6.45) is 2.65. The maximum atomic E-state index is 6.51. The van der Waals surface area contributed by atoms with Crippen LogP contribution in [0.1, 0.15) is 11.1 Å². The average Bonchev–Trinajstić information content (AvgIpc) is 3.35. The summed E-state index contributed by atoms with van der Waals surface area (Å²) in [6.45, 7) is 1.98. The first-order valence-electron chi connectivity index (χ1n) is 9.88. The Morgan fingerprint density at radius 2 is 2.07 bits per heavy atom. The van der Waals surface area contributed by atoms with Gasteiger partial charge in [-0.25, -0.2) is 4.98 Å². The minimum atomic E-state index is -0.349. The highest BCUT2D eigenvalue weighted by Gasteiger charge is 2.31. The number of fused-ring (bicyclic) bond motifs is 3. The number of anilines is 3. The van der Waals surface area contributed by atoms with E-state index >= 15 is 0 Å². The van der Waals surface area contributed by atoms with Crippen molar-refractivity contribution < 1.29 is 0 Å². The Labute approximate surface area is 173 Å². The number of thiophene rings is 1. The van der Waals surface area contributed by atoms with Gasteiger partial charge in [0, 0.05) is 28.4 Å². The maximum Gasteiger partial charge on any atom is 0.158 e. The van der Waals surface area contributed by atoms with Crippen LogP contribution in [0.2, 0.25) is 0 Å². The molecule has 6 heteroatoms. The molecule has 2 aromatic carbocycles. The van der Waals surface area contributed by atoms with Crippen molar-refractivity contribution in [3.63, 3.8) is 0 Å². The summed E-state index contributed by atoms with van der Waals surface area (Å²) >= 11 is 1.73. The molecule has 0 bridgehead atoms. The second-order valence-corrected chi connectivity index (χ2v) is 8.52. The van der Waals surface area contributed by atoms with Gasteiger partial charge in [0.05, 0.1) is 11.4 Å². The van der Waals surface area contributed by atoms with Gasteiger partial charge < -0.3 is 10.6 Å². The molecule has 144 valence electrons. The Bertz CT molecular complexity index is 1230. The van der Waals surface area contributed by atoms with Crippen molar-refractivity contribution in [1.29, 1.82) is 0 Å². The summed E-state index contributed by atoms with van der Waals surface area (Å²) in [5.74, 6) is 0.869. The molecule has 0 saturated carbocycles. The normalized spacial score (nSPS) is 17.8. The summed E-state index contributed by atoms with van der Waals surface area (Å²) in [4.78, 5) is 6.84. The molecule has 1 unspecified atom stereocenters. The zero-order valence-electron chi connectivity index (χ0n) is 15.9. The first kappa shape index (κ1) is 17.0. The van der Waals surface area contributed by atoms with Gasteiger partial charge in [0.25, 0.3) is 0 Å². The average molecular weight is 400 g/mol. The highest BCUT2D eigenvalue weighted by molar-refractivity contribution is 7.17. The van der Waals surface area contributed by atoms with Crippen LogP contribution in [0.4, 0.5) is 17.2 Å². The fraction of sp³-hybridized carbons (Fsp3) is 0.174. The van der Waals surface area contributed by atoms with Crippen LogP contribution in [0.5, 0.6) is 0 Å². The van der Waals surface area contributed by atoms with Crippen LogP contribution in [0.15, 0.2) is 60.1 Å². The van der Waals surface area contributed by atoms with Crippen LogP contribution in [-0.2, 0) is 13.0 Å². The Morgan fingerprint density at radius 1 is 1.10 bits per heavy atom. The van der Waals surface area contributed by atoms with E-state index in [2.05, 4.69) is 69.4 Å². The van der Waals surface area contributed by atoms with Crippen LogP contribution in [-0.4, -0.2) is 17.8 Å². The third-order valence-corrected chi connectivity index (χ3v) is 6.71. The Morgan fingerprint density at radius 3 is 3.03 bits per heavy atom. The molecule has 2 aliphatic heterocycles. The smallest absolute Gasteiger partial charge is 0.158 e. The first-order valence-corrected chi connectivity index (χ1v) is 10.8. The van der Waals surface area contributed by atoms with E-state index in [1.807, 2.05) is 6.20 Å². The van der Waals surface area contributed by atoms with Gasteiger partial charge in [0.2, 0.25) is 0 Å². The third kappa shape index (κ3) is 2.72. The Kier molecular flexibility index (Phi) is 3.84. The summed E-state index contributed by atoms with van der Waals surface area (Å²) in [5.41, 5.74) is 13.9. The topological polar surface area (TPSA) is 66.2 Å². The van der Waals surface area contributed by atoms with E-state index in [1.165, 1.54) is 27.0 Å². The van der Waals surface area contributed by atoms with Gasteiger partial charge in [-0.2, -0.15) is 0 Å². The van der Waals surface area contributed by atoms with Crippen molar-refractivity contribution in [2.24, 2.45) is 5.73 Å². The quantitative estimate of drug-likeness (QED) is 0.466. The standard InChI is InChI=1S/C23H21N5S/c24-23-27-19-3-1-2-18(15-4-5-16-12-25-8-6-14(16)10-15)22(19)28(23)21-11-20-17(13-26-21)7-9-29-20/h1-5,7,9-11,13,23,25,27H,6,8,12,24H2. The molecule has 1 atom stereocenters. The zero-order chi connectivity index (χ0) is 19.4. The van der Waals surface area contributed by atoms with Crippen LogP contribution in [0.25, 0.3) is 21.2 Å². The van der Waals surface area contributed by atoms with Crippen LogP contribution >= 0.6 is 11.3 Å². The van der Waals surface area contributed by atoms with Crippen LogP contribution < -0.4 is 21.3 Å². The fourth-order valence-corrected chi connectivity index (χ4v) is 5.19. The van der Waals surface area contributed by atoms with E-state index in [-0.39, 0.29) is 6.29 Å². The minimum Gasteiger partial charge on any atom is -0.351 e. The predicted octanol–water partition coefficient (Wildman–Crippen LogP) is 4.41. The molecule has 2 aromatic heterocycles. The molecule has 4 aromatic rings. The number of para-hydroxylation sites is 1. The molecule has 0 fully saturated rings. The van der Waals surface area contributed by atoms with E-state index in [4.69, 9.17) is 10.7 Å². The highest BCUT2D eigenvalue weighted by atomic mass is 32.1. The molecule has 2 aliphatic rings. The lowest BCUT2D eigenvalue weighted by atomic mass is 9.94. The number of rotatable bonds is 2. The third-order valence-electron chi connectivity index (χ3n) is 5.83. The second kappa shape index (κ2) is 6.56. The molecule has 0 amide bonds. The van der Waals surface area contributed by atoms with Gasteiger partial charge in [-0.1, -0.05) is 30.3 Å². The number of aromatic nitrogens is 1. The van der Waals surface area contributed by atoms with E-state index < -0.39 is 0 Å². The number of nitrogens with two attached hydrogens (primary N) is 1. The molecule has 0 aliphatic carbocycles. The van der Waals surface area contributed by atoms with Gasteiger partial charge in [-0.3, -0.25) is 10.6 Å². The first-order chi connectivity index (χ1) is 14.3. The van der Waals surface area contributed by atoms with Gasteiger partial charge in [-0.15, -0.1) is 11.3 Å². The lowest BCUT2D eigenvalue weighted by Crippen LogP contribution is -2.40. The number of nitrogens with zero attached hydrogens (tertiary/aromatic N) is 2. The van der Waals surface area contributed by atoms with Crippen LogP contribution in [0.3, 0.4) is 0 Å². The Balaban J connectivity index is 1.51. The number of hydrogen-bond acceptors (Lipinski definition) is 6. The largest absolute Gasteiger partial charge is 0.351 e. The monoisotopic (exact) mass is 399 g/mol. The van der Waals surface area contributed by atoms with Gasteiger partial charge >= 0.3 is 0 Å². The van der Waals surface area contributed by atoms with Crippen molar-refractivity contribution in [2.45, 2.75) is 19.3 Å². The van der Waals surface area contributed by atoms with Gasteiger partial charge in [0.15, 0.2) is 6.29 Å². The highest BCUT2D eigenvalue weighted by Crippen LogP contribution is 2.45. The summed E-state index contributed by atoms with van der Waals surface area (Å²) < 4.78 is 1.22.